The second kappa shape index (κ2) is 4.45. The Morgan fingerprint density at radius 2 is 1.32 bits per heavy atom. The van der Waals surface area contributed by atoms with Gasteiger partial charge >= 0.3 is 0 Å². The standard InChI is InChI=1S/C21H26O/c1-19(2)15-11-8-7-10-14(15)18-16(20(19,3)4)12-9-13-17(18)21(5,6)22/h7-13,22H,1-6H3. The molecule has 1 aliphatic carbocycles. The summed E-state index contributed by atoms with van der Waals surface area (Å²) in [6.07, 6.45) is 0. The van der Waals surface area contributed by atoms with Crippen LogP contribution in [0.5, 0.6) is 0 Å². The first-order valence-corrected chi connectivity index (χ1v) is 8.04. The van der Waals surface area contributed by atoms with E-state index in [9.17, 15) is 5.11 Å². The highest BCUT2D eigenvalue weighted by molar-refractivity contribution is 5.80. The third-order valence-corrected chi connectivity index (χ3v) is 5.83. The Labute approximate surface area is 134 Å². The number of hydrogen-bond acceptors (Lipinski definition) is 1. The Hall–Kier alpha value is -1.60. The van der Waals surface area contributed by atoms with Crippen LogP contribution in [0, 0.1) is 0 Å². The van der Waals surface area contributed by atoms with E-state index in [1.807, 2.05) is 13.8 Å². The normalized spacial score (nSPS) is 18.5. The van der Waals surface area contributed by atoms with Gasteiger partial charge in [0.25, 0.3) is 0 Å². The molecule has 0 aromatic heterocycles. The van der Waals surface area contributed by atoms with Gasteiger partial charge in [-0.2, -0.15) is 0 Å². The van der Waals surface area contributed by atoms with Gasteiger partial charge < -0.3 is 5.11 Å². The van der Waals surface area contributed by atoms with Crippen molar-refractivity contribution in [1.29, 1.82) is 0 Å². The summed E-state index contributed by atoms with van der Waals surface area (Å²) in [5, 5.41) is 10.7. The maximum absolute atomic E-state index is 10.7. The lowest BCUT2D eigenvalue weighted by molar-refractivity contribution is 0.0788. The summed E-state index contributed by atoms with van der Waals surface area (Å²) in [6.45, 7) is 13.0. The molecule has 0 saturated heterocycles. The fourth-order valence-corrected chi connectivity index (χ4v) is 3.79. The molecule has 0 heterocycles. The molecule has 1 N–H and O–H groups in total. The van der Waals surface area contributed by atoms with Gasteiger partial charge in [0, 0.05) is 0 Å². The quantitative estimate of drug-likeness (QED) is 0.771. The van der Waals surface area contributed by atoms with Gasteiger partial charge in [0.2, 0.25) is 0 Å². The average molecular weight is 294 g/mol. The molecule has 0 radical (unpaired) electrons. The van der Waals surface area contributed by atoms with Crippen LogP contribution in [0.1, 0.15) is 58.2 Å². The van der Waals surface area contributed by atoms with Crippen LogP contribution < -0.4 is 0 Å². The molecule has 0 spiro atoms. The third-order valence-electron chi connectivity index (χ3n) is 5.83. The first-order chi connectivity index (χ1) is 10.1. The molecule has 0 atom stereocenters. The van der Waals surface area contributed by atoms with Crippen molar-refractivity contribution in [3.8, 4) is 11.1 Å². The van der Waals surface area contributed by atoms with E-state index in [4.69, 9.17) is 0 Å². The fraction of sp³-hybridized carbons (Fsp3) is 0.429. The summed E-state index contributed by atoms with van der Waals surface area (Å²) in [5.41, 5.74) is 5.37. The van der Waals surface area contributed by atoms with Gasteiger partial charge in [-0.05, 0) is 52.5 Å². The van der Waals surface area contributed by atoms with Crippen molar-refractivity contribution < 1.29 is 5.11 Å². The number of benzene rings is 2. The fourth-order valence-electron chi connectivity index (χ4n) is 3.79. The molecule has 116 valence electrons. The zero-order chi connectivity index (χ0) is 16.3. The summed E-state index contributed by atoms with van der Waals surface area (Å²) in [5.74, 6) is 0. The summed E-state index contributed by atoms with van der Waals surface area (Å²) in [7, 11) is 0. The Morgan fingerprint density at radius 1 is 0.773 bits per heavy atom. The lowest BCUT2D eigenvalue weighted by Gasteiger charge is -2.49. The number of aliphatic hydroxyl groups is 1. The average Bonchev–Trinajstić information content (AvgIpc) is 2.44. The minimum atomic E-state index is -0.851. The molecule has 22 heavy (non-hydrogen) atoms. The number of fused-ring (bicyclic) bond motifs is 3. The summed E-state index contributed by atoms with van der Waals surface area (Å²) in [6, 6.07) is 15.0. The van der Waals surface area contributed by atoms with E-state index in [1.54, 1.807) is 0 Å². The predicted octanol–water partition coefficient (Wildman–Crippen LogP) is 5.15. The molecule has 0 saturated carbocycles. The van der Waals surface area contributed by atoms with Crippen molar-refractivity contribution in [3.63, 3.8) is 0 Å². The first-order valence-electron chi connectivity index (χ1n) is 8.04. The highest BCUT2D eigenvalue weighted by Crippen LogP contribution is 2.55. The molecule has 1 nitrogen and oxygen atoms in total. The second-order valence-corrected chi connectivity index (χ2v) is 8.08. The van der Waals surface area contributed by atoms with Gasteiger partial charge in [0.1, 0.15) is 0 Å². The molecule has 2 aromatic rings. The van der Waals surface area contributed by atoms with Gasteiger partial charge in [0.15, 0.2) is 0 Å². The van der Waals surface area contributed by atoms with Crippen LogP contribution in [0.3, 0.4) is 0 Å². The van der Waals surface area contributed by atoms with Gasteiger partial charge in [-0.15, -0.1) is 0 Å². The van der Waals surface area contributed by atoms with Crippen LogP contribution in [-0.4, -0.2) is 5.11 Å². The SMILES string of the molecule is CC(C)(O)c1cccc2c1-c1ccccc1C(C)(C)C2(C)C. The molecule has 0 unspecified atom stereocenters. The number of rotatable bonds is 1. The highest BCUT2D eigenvalue weighted by atomic mass is 16.3. The van der Waals surface area contributed by atoms with Crippen molar-refractivity contribution in [2.24, 2.45) is 0 Å². The molecule has 1 aliphatic rings. The summed E-state index contributed by atoms with van der Waals surface area (Å²) >= 11 is 0. The van der Waals surface area contributed by atoms with Crippen molar-refractivity contribution >= 4 is 0 Å². The minimum absolute atomic E-state index is 0.00204. The van der Waals surface area contributed by atoms with E-state index in [1.165, 1.54) is 22.3 Å². The van der Waals surface area contributed by atoms with E-state index in [0.717, 1.165) is 5.56 Å². The predicted molar refractivity (Wildman–Crippen MR) is 93.2 cm³/mol. The second-order valence-electron chi connectivity index (χ2n) is 8.08. The van der Waals surface area contributed by atoms with Crippen LogP contribution >= 0.6 is 0 Å². The van der Waals surface area contributed by atoms with E-state index in [0.29, 0.717) is 0 Å². The maximum atomic E-state index is 10.7. The van der Waals surface area contributed by atoms with Crippen molar-refractivity contribution in [3.05, 3.63) is 59.2 Å². The Balaban J connectivity index is 2.47. The monoisotopic (exact) mass is 294 g/mol. The summed E-state index contributed by atoms with van der Waals surface area (Å²) in [4.78, 5) is 0. The smallest absolute Gasteiger partial charge is 0.0846 e. The molecule has 3 rings (SSSR count). The third kappa shape index (κ3) is 1.88. The van der Waals surface area contributed by atoms with Crippen LogP contribution in [0.4, 0.5) is 0 Å². The molecular weight excluding hydrogens is 268 g/mol. The highest BCUT2D eigenvalue weighted by Gasteiger charge is 2.46. The molecule has 0 bridgehead atoms. The Kier molecular flexibility index (Phi) is 3.10. The van der Waals surface area contributed by atoms with Crippen LogP contribution in [0.15, 0.2) is 42.5 Å². The molecule has 0 fully saturated rings. The molecule has 0 aliphatic heterocycles. The topological polar surface area (TPSA) is 20.2 Å². The molecule has 0 amide bonds. The maximum Gasteiger partial charge on any atom is 0.0846 e. The van der Waals surface area contributed by atoms with Crippen molar-refractivity contribution in [2.45, 2.75) is 58.0 Å². The molecular formula is C21H26O. The van der Waals surface area contributed by atoms with Gasteiger partial charge in [0.05, 0.1) is 5.60 Å². The van der Waals surface area contributed by atoms with E-state index >= 15 is 0 Å². The Bertz CT molecular complexity index is 730. The Morgan fingerprint density at radius 3 is 1.95 bits per heavy atom. The van der Waals surface area contributed by atoms with Crippen molar-refractivity contribution in [1.82, 2.24) is 0 Å². The van der Waals surface area contributed by atoms with Crippen LogP contribution in [-0.2, 0) is 16.4 Å². The summed E-state index contributed by atoms with van der Waals surface area (Å²) < 4.78 is 0. The van der Waals surface area contributed by atoms with Gasteiger partial charge in [-0.3, -0.25) is 0 Å². The minimum Gasteiger partial charge on any atom is -0.386 e. The van der Waals surface area contributed by atoms with Gasteiger partial charge in [-0.1, -0.05) is 70.2 Å². The van der Waals surface area contributed by atoms with Gasteiger partial charge in [-0.25, -0.2) is 0 Å². The van der Waals surface area contributed by atoms with Crippen LogP contribution in [0.2, 0.25) is 0 Å². The molecule has 2 aromatic carbocycles. The first kappa shape index (κ1) is 15.3. The number of hydrogen-bond donors (Lipinski definition) is 1. The molecule has 1 heteroatoms. The largest absolute Gasteiger partial charge is 0.386 e. The zero-order valence-electron chi connectivity index (χ0n) is 14.5. The van der Waals surface area contributed by atoms with Crippen LogP contribution in [0.25, 0.3) is 11.1 Å². The van der Waals surface area contributed by atoms with Crippen molar-refractivity contribution in [2.75, 3.05) is 0 Å². The lowest BCUT2D eigenvalue weighted by atomic mass is 9.54. The zero-order valence-corrected chi connectivity index (χ0v) is 14.5. The van der Waals surface area contributed by atoms with E-state index in [2.05, 4.69) is 70.2 Å². The van der Waals surface area contributed by atoms with E-state index < -0.39 is 5.60 Å². The van der Waals surface area contributed by atoms with E-state index in [-0.39, 0.29) is 10.8 Å². The lowest BCUT2D eigenvalue weighted by Crippen LogP contribution is -2.44.